The molecule has 0 aromatic rings. The second-order valence-corrected chi connectivity index (χ2v) is 4.84. The summed E-state index contributed by atoms with van der Waals surface area (Å²) < 4.78 is 118. The number of halogens is 9. The van der Waals surface area contributed by atoms with Crippen molar-refractivity contribution in [3.05, 3.63) is 0 Å². The van der Waals surface area contributed by atoms with E-state index < -0.39 is 68.4 Å². The molecule has 1 amide bonds. The summed E-state index contributed by atoms with van der Waals surface area (Å²) in [6.45, 7) is -2.18. The summed E-state index contributed by atoms with van der Waals surface area (Å²) in [5.74, 6) is 0. The molecule has 0 radical (unpaired) electrons. The normalized spacial score (nSPS) is 20.6. The first-order chi connectivity index (χ1) is 11.1. The van der Waals surface area contributed by atoms with Crippen LogP contribution in [-0.2, 0) is 4.74 Å². The van der Waals surface area contributed by atoms with Gasteiger partial charge in [0.05, 0.1) is 0 Å². The quantitative estimate of drug-likeness (QED) is 0.234. The van der Waals surface area contributed by atoms with Crippen molar-refractivity contribution in [2.24, 2.45) is 0 Å². The summed E-state index contributed by atoms with van der Waals surface area (Å²) in [6.07, 6.45) is -24.6. The van der Waals surface area contributed by atoms with Gasteiger partial charge >= 0.3 is 127 Å². The molecule has 0 aromatic carbocycles. The molecule has 0 saturated carbocycles. The molecular weight excluding hydrogens is 460 g/mol. The minimum atomic E-state index is -6.11. The van der Waals surface area contributed by atoms with Crippen molar-refractivity contribution in [3.8, 4) is 0 Å². The van der Waals surface area contributed by atoms with Crippen molar-refractivity contribution in [2.75, 3.05) is 19.5 Å². The van der Waals surface area contributed by atoms with Gasteiger partial charge in [-0.2, -0.15) is 35.1 Å². The molecule has 0 spiro atoms. The van der Waals surface area contributed by atoms with Gasteiger partial charge in [-0.25, -0.2) is 14.1 Å². The predicted molar refractivity (Wildman–Crippen MR) is 56.3 cm³/mol. The average Bonchev–Trinajstić information content (AvgIpc) is 2.38. The molecular formula is C9H8BF9K2N2O4. The number of hydrogen-bond acceptors (Lipinski definition) is 5. The van der Waals surface area contributed by atoms with Crippen molar-refractivity contribution < 1.29 is 162 Å². The summed E-state index contributed by atoms with van der Waals surface area (Å²) in [7, 11) is -2.82. The molecule has 6 nitrogen and oxygen atoms in total. The number of piperazine rings is 1. The standard InChI is InChI=1S/C9H8BF9N2O4.2K/c11-5-9(18,19)20(3-10(23)24)1-2-21(5)6(22)25-4(7(12,13)14)8(15,16)17;;/h4-5H,1-3H2;;/q-2;2*+1. The topological polar surface area (TPSA) is 78.9 Å². The van der Waals surface area contributed by atoms with Gasteiger partial charge in [-0.1, -0.05) is 13.6 Å². The van der Waals surface area contributed by atoms with Crippen LogP contribution in [0.3, 0.4) is 0 Å². The van der Waals surface area contributed by atoms with Crippen LogP contribution in [0, 0.1) is 0 Å². The fraction of sp³-hybridized carbons (Fsp3) is 0.889. The first-order valence-electron chi connectivity index (χ1n) is 6.27. The molecule has 1 atom stereocenters. The maximum absolute atomic E-state index is 13.7. The van der Waals surface area contributed by atoms with E-state index >= 15 is 0 Å². The molecule has 1 rings (SSSR count). The Balaban J connectivity index is 0. The average molecular weight is 468 g/mol. The van der Waals surface area contributed by atoms with Crippen LogP contribution in [0.15, 0.2) is 0 Å². The van der Waals surface area contributed by atoms with Gasteiger partial charge in [0, 0.05) is 13.1 Å². The van der Waals surface area contributed by atoms with Crippen LogP contribution < -0.4 is 113 Å². The fourth-order valence-electron chi connectivity index (χ4n) is 1.89. The molecule has 146 valence electrons. The number of carbonyl (C=O) groups excluding carboxylic acids is 1. The Morgan fingerprint density at radius 1 is 1.11 bits per heavy atom. The number of hydrogen-bond donors (Lipinski definition) is 0. The molecule has 18 heteroatoms. The zero-order chi connectivity index (χ0) is 19.8. The van der Waals surface area contributed by atoms with Crippen LogP contribution in [0.2, 0.25) is 0 Å². The maximum atomic E-state index is 13.7. The SMILES string of the molecule is O=C(OC(C(F)(F)F)C(F)(F)F)N1CCN(CB([O-])[O-])C(F)(F)C1F.[K+].[K+]. The van der Waals surface area contributed by atoms with E-state index in [2.05, 4.69) is 4.74 Å². The zero-order valence-electron chi connectivity index (χ0n) is 13.8. The number of amides is 1. The molecule has 1 fully saturated rings. The third-order valence-corrected chi connectivity index (χ3v) is 3.01. The minimum absolute atomic E-state index is 0. The van der Waals surface area contributed by atoms with Crippen LogP contribution in [0.4, 0.5) is 44.3 Å². The van der Waals surface area contributed by atoms with Crippen LogP contribution in [-0.4, -0.2) is 73.3 Å². The van der Waals surface area contributed by atoms with Gasteiger partial charge in [-0.05, 0) is 0 Å². The van der Waals surface area contributed by atoms with E-state index in [4.69, 9.17) is 0 Å². The second-order valence-electron chi connectivity index (χ2n) is 4.84. The molecule has 27 heavy (non-hydrogen) atoms. The van der Waals surface area contributed by atoms with E-state index in [0.717, 1.165) is 0 Å². The van der Waals surface area contributed by atoms with Crippen molar-refractivity contribution in [1.82, 2.24) is 9.80 Å². The Labute approximate surface area is 231 Å². The minimum Gasteiger partial charge on any atom is -0.892 e. The van der Waals surface area contributed by atoms with Crippen LogP contribution in [0.25, 0.3) is 0 Å². The van der Waals surface area contributed by atoms with Crippen molar-refractivity contribution in [2.45, 2.75) is 30.8 Å². The van der Waals surface area contributed by atoms with Crippen molar-refractivity contribution in [1.29, 1.82) is 0 Å². The third-order valence-electron chi connectivity index (χ3n) is 3.01. The van der Waals surface area contributed by atoms with Gasteiger partial charge in [-0.3, -0.25) is 4.90 Å². The summed E-state index contributed by atoms with van der Waals surface area (Å²) >= 11 is 0. The molecule has 1 heterocycles. The summed E-state index contributed by atoms with van der Waals surface area (Å²) in [4.78, 5) is 10.4. The van der Waals surface area contributed by atoms with E-state index in [1.807, 2.05) is 0 Å². The van der Waals surface area contributed by atoms with Crippen LogP contribution >= 0.6 is 0 Å². The maximum Gasteiger partial charge on any atom is 1.00 e. The predicted octanol–water partition coefficient (Wildman–Crippen LogP) is -6.12. The first kappa shape index (κ1) is 31.0. The largest absolute Gasteiger partial charge is 1.00 e. The second kappa shape index (κ2) is 11.5. The van der Waals surface area contributed by atoms with Crippen LogP contribution in [0.1, 0.15) is 0 Å². The van der Waals surface area contributed by atoms with Crippen LogP contribution in [0.5, 0.6) is 0 Å². The van der Waals surface area contributed by atoms with Gasteiger partial charge in [0.15, 0.2) is 0 Å². The van der Waals surface area contributed by atoms with E-state index in [9.17, 15) is 54.4 Å². The molecule has 1 aliphatic rings. The van der Waals surface area contributed by atoms with E-state index in [0.29, 0.717) is 0 Å². The van der Waals surface area contributed by atoms with E-state index in [1.54, 1.807) is 0 Å². The number of nitrogens with zero attached hydrogens (tertiary/aromatic N) is 2. The Morgan fingerprint density at radius 3 is 1.93 bits per heavy atom. The van der Waals surface area contributed by atoms with Gasteiger partial charge in [0.2, 0.25) is 0 Å². The Hall–Kier alpha value is 1.86. The molecule has 1 unspecified atom stereocenters. The summed E-state index contributed by atoms with van der Waals surface area (Å²) in [5, 5.41) is 20.7. The molecule has 0 aliphatic carbocycles. The first-order valence-corrected chi connectivity index (χ1v) is 6.27. The zero-order valence-corrected chi connectivity index (χ0v) is 20.0. The number of carbonyl (C=O) groups is 1. The van der Waals surface area contributed by atoms with Gasteiger partial charge in [0.25, 0.3) is 12.4 Å². The van der Waals surface area contributed by atoms with Gasteiger partial charge in [0.1, 0.15) is 0 Å². The van der Waals surface area contributed by atoms with Crippen molar-refractivity contribution in [3.63, 3.8) is 0 Å². The molecule has 0 bridgehead atoms. The molecule has 0 aromatic heterocycles. The van der Waals surface area contributed by atoms with Gasteiger partial charge in [-0.15, -0.1) is 0 Å². The fourth-order valence-corrected chi connectivity index (χ4v) is 1.89. The van der Waals surface area contributed by atoms with E-state index in [-0.39, 0.29) is 108 Å². The van der Waals surface area contributed by atoms with Gasteiger partial charge < -0.3 is 14.8 Å². The number of alkyl halides is 9. The number of rotatable bonds is 3. The van der Waals surface area contributed by atoms with E-state index in [1.165, 1.54) is 0 Å². The Morgan fingerprint density at radius 2 is 1.56 bits per heavy atom. The molecule has 1 aliphatic heterocycles. The Bertz CT molecular complexity index is 483. The third kappa shape index (κ3) is 8.48. The van der Waals surface area contributed by atoms with Crippen molar-refractivity contribution >= 4 is 13.2 Å². The smallest absolute Gasteiger partial charge is 0.892 e. The summed E-state index contributed by atoms with van der Waals surface area (Å²) in [6, 6.07) is -4.68. The number of ether oxygens (including phenoxy) is 1. The monoisotopic (exact) mass is 468 g/mol. The molecule has 0 N–H and O–H groups in total. The summed E-state index contributed by atoms with van der Waals surface area (Å²) in [5.41, 5.74) is 0. The molecule has 1 saturated heterocycles. The Kier molecular flexibility index (Phi) is 13.2.